The minimum absolute atomic E-state index is 0.0590. The zero-order valence-corrected chi connectivity index (χ0v) is 13.7. The van der Waals surface area contributed by atoms with Gasteiger partial charge in [0.05, 0.1) is 6.54 Å². The fraction of sp³-hybridized carbons (Fsp3) is 0.333. The maximum absolute atomic E-state index is 12.1. The van der Waals surface area contributed by atoms with Crippen molar-refractivity contribution in [2.24, 2.45) is 4.99 Å². The lowest BCUT2D eigenvalue weighted by Crippen LogP contribution is -2.36. The summed E-state index contributed by atoms with van der Waals surface area (Å²) >= 11 is 1.65. The first-order valence-electron chi connectivity index (χ1n) is 7.07. The molecule has 2 N–H and O–H groups in total. The largest absolute Gasteiger partial charge is 0.468 e. The number of hydrogen-bond donors (Lipinski definition) is 2. The summed E-state index contributed by atoms with van der Waals surface area (Å²) in [4.78, 5) is 9.14. The molecule has 0 radical (unpaired) electrons. The number of ether oxygens (including phenoxy) is 1. The summed E-state index contributed by atoms with van der Waals surface area (Å²) in [5.74, 6) is 0.567. The van der Waals surface area contributed by atoms with Crippen LogP contribution in [0.2, 0.25) is 0 Å². The number of thiophene rings is 1. The van der Waals surface area contributed by atoms with Crippen molar-refractivity contribution in [2.75, 3.05) is 13.7 Å². The molecule has 0 saturated heterocycles. The Balaban J connectivity index is 1.78. The van der Waals surface area contributed by atoms with E-state index in [9.17, 15) is 13.2 Å². The second-order valence-electron chi connectivity index (χ2n) is 4.77. The minimum atomic E-state index is -4.37. The number of aliphatic imine (C=N–C) groups is 1. The monoisotopic (exact) mass is 358 g/mol. The van der Waals surface area contributed by atoms with E-state index in [2.05, 4.69) is 25.3 Å². The molecule has 2 heterocycles. The predicted molar refractivity (Wildman–Crippen MR) is 87.1 cm³/mol. The molecule has 2 aromatic heterocycles. The van der Waals surface area contributed by atoms with Crippen LogP contribution < -0.4 is 15.4 Å². The molecule has 2 aromatic rings. The van der Waals surface area contributed by atoms with Crippen molar-refractivity contribution in [1.29, 1.82) is 0 Å². The first kappa shape index (κ1) is 18.1. The smallest absolute Gasteiger partial charge is 0.422 e. The van der Waals surface area contributed by atoms with Crippen molar-refractivity contribution in [3.8, 4) is 5.88 Å². The van der Waals surface area contributed by atoms with E-state index >= 15 is 0 Å². The number of halogens is 3. The maximum atomic E-state index is 12.1. The normalized spacial score (nSPS) is 12.1. The molecule has 0 bridgehead atoms. The lowest BCUT2D eigenvalue weighted by molar-refractivity contribution is -0.154. The van der Waals surface area contributed by atoms with Crippen molar-refractivity contribution >= 4 is 17.3 Å². The van der Waals surface area contributed by atoms with Crippen LogP contribution in [-0.2, 0) is 13.1 Å². The molecule has 130 valence electrons. The second kappa shape index (κ2) is 8.53. The Kier molecular flexibility index (Phi) is 6.42. The maximum Gasteiger partial charge on any atom is 0.422 e. The van der Waals surface area contributed by atoms with E-state index in [1.54, 1.807) is 24.5 Å². The summed E-state index contributed by atoms with van der Waals surface area (Å²) in [5, 5.41) is 8.28. The number of nitrogens with one attached hydrogen (secondary N) is 2. The Hall–Kier alpha value is -2.29. The lowest BCUT2D eigenvalue weighted by atomic mass is 10.3. The average molecular weight is 358 g/mol. The van der Waals surface area contributed by atoms with Gasteiger partial charge in [-0.1, -0.05) is 12.1 Å². The first-order valence-corrected chi connectivity index (χ1v) is 7.95. The minimum Gasteiger partial charge on any atom is -0.468 e. The molecule has 0 saturated carbocycles. The molecule has 0 atom stereocenters. The van der Waals surface area contributed by atoms with Crippen LogP contribution in [0.5, 0.6) is 5.88 Å². The molecule has 2 rings (SSSR count). The van der Waals surface area contributed by atoms with E-state index in [0.717, 1.165) is 5.56 Å². The zero-order chi connectivity index (χ0) is 17.4. The number of rotatable bonds is 6. The average Bonchev–Trinajstić information content (AvgIpc) is 3.07. The molecule has 24 heavy (non-hydrogen) atoms. The molecular weight excluding hydrogens is 341 g/mol. The number of pyridine rings is 1. The molecule has 0 aliphatic carbocycles. The van der Waals surface area contributed by atoms with Gasteiger partial charge in [0.1, 0.15) is 0 Å². The predicted octanol–water partition coefficient (Wildman–Crippen LogP) is 2.95. The highest BCUT2D eigenvalue weighted by molar-refractivity contribution is 7.09. The fourth-order valence-electron chi connectivity index (χ4n) is 1.75. The van der Waals surface area contributed by atoms with E-state index in [-0.39, 0.29) is 5.88 Å². The number of alkyl halides is 3. The van der Waals surface area contributed by atoms with Gasteiger partial charge >= 0.3 is 6.18 Å². The summed E-state index contributed by atoms with van der Waals surface area (Å²) in [6, 6.07) is 7.06. The van der Waals surface area contributed by atoms with Crippen molar-refractivity contribution < 1.29 is 17.9 Å². The van der Waals surface area contributed by atoms with Gasteiger partial charge in [-0.05, 0) is 17.0 Å². The highest BCUT2D eigenvalue weighted by Crippen LogP contribution is 2.17. The van der Waals surface area contributed by atoms with Gasteiger partial charge in [-0.2, -0.15) is 13.2 Å². The molecule has 9 heteroatoms. The lowest BCUT2D eigenvalue weighted by Gasteiger charge is -2.12. The topological polar surface area (TPSA) is 58.5 Å². The summed E-state index contributed by atoms with van der Waals surface area (Å²) in [7, 11) is 1.66. The van der Waals surface area contributed by atoms with Crippen molar-refractivity contribution in [3.05, 3.63) is 46.3 Å². The van der Waals surface area contributed by atoms with Gasteiger partial charge in [-0.3, -0.25) is 4.99 Å². The van der Waals surface area contributed by atoms with Crippen LogP contribution in [0.3, 0.4) is 0 Å². The van der Waals surface area contributed by atoms with E-state index in [1.807, 2.05) is 17.5 Å². The number of guanidine groups is 1. The quantitative estimate of drug-likeness (QED) is 0.616. The molecule has 5 nitrogen and oxygen atoms in total. The van der Waals surface area contributed by atoms with Crippen LogP contribution in [0.1, 0.15) is 10.4 Å². The van der Waals surface area contributed by atoms with Crippen LogP contribution in [0.15, 0.2) is 40.8 Å². The molecule has 0 amide bonds. The molecule has 0 fully saturated rings. The third-order valence-electron chi connectivity index (χ3n) is 2.88. The van der Waals surface area contributed by atoms with E-state index in [0.29, 0.717) is 19.0 Å². The van der Waals surface area contributed by atoms with Crippen LogP contribution >= 0.6 is 11.3 Å². The van der Waals surface area contributed by atoms with E-state index < -0.39 is 12.8 Å². The highest BCUT2D eigenvalue weighted by Gasteiger charge is 2.28. The van der Waals surface area contributed by atoms with Gasteiger partial charge in [0.25, 0.3) is 0 Å². The van der Waals surface area contributed by atoms with Crippen LogP contribution in [0.4, 0.5) is 13.2 Å². The first-order chi connectivity index (χ1) is 11.5. The number of hydrogen-bond acceptors (Lipinski definition) is 4. The number of nitrogens with zero attached hydrogens (tertiary/aromatic N) is 2. The van der Waals surface area contributed by atoms with Gasteiger partial charge in [0.2, 0.25) is 5.88 Å². The summed E-state index contributed by atoms with van der Waals surface area (Å²) in [5.41, 5.74) is 0.799. The molecule has 0 aliphatic heterocycles. The summed E-state index contributed by atoms with van der Waals surface area (Å²) in [6.07, 6.45) is -2.91. The van der Waals surface area contributed by atoms with Crippen LogP contribution in [-0.4, -0.2) is 30.8 Å². The Labute approximate surface area is 141 Å². The molecular formula is C15H17F3N4OS. The van der Waals surface area contributed by atoms with E-state index in [1.165, 1.54) is 17.1 Å². The molecule has 0 aliphatic rings. The highest BCUT2D eigenvalue weighted by atomic mass is 32.1. The Bertz CT molecular complexity index is 642. The van der Waals surface area contributed by atoms with Gasteiger partial charge < -0.3 is 15.4 Å². The summed E-state index contributed by atoms with van der Waals surface area (Å²) < 4.78 is 40.7. The van der Waals surface area contributed by atoms with Crippen LogP contribution in [0.25, 0.3) is 0 Å². The Morgan fingerprint density at radius 2 is 2.04 bits per heavy atom. The van der Waals surface area contributed by atoms with Crippen LogP contribution in [0, 0.1) is 0 Å². The second-order valence-corrected chi connectivity index (χ2v) is 5.80. The standard InChI is InChI=1S/C15H17F3N4OS/c1-19-14(22-9-12-3-2-6-24-12)21-8-11-4-5-13(20-7-11)23-10-15(16,17)18/h2-7H,8-10H2,1H3,(H2,19,21,22). The SMILES string of the molecule is CN=C(NCc1ccc(OCC(F)(F)F)nc1)NCc1cccs1. The summed E-state index contributed by atoms with van der Waals surface area (Å²) in [6.45, 7) is -0.243. The van der Waals surface area contributed by atoms with Gasteiger partial charge in [-0.25, -0.2) is 4.98 Å². The third kappa shape index (κ3) is 6.45. The Morgan fingerprint density at radius 1 is 1.25 bits per heavy atom. The zero-order valence-electron chi connectivity index (χ0n) is 12.9. The molecule has 0 unspecified atom stereocenters. The molecule has 0 spiro atoms. The van der Waals surface area contributed by atoms with Gasteiger partial charge in [0, 0.05) is 30.7 Å². The molecule has 0 aromatic carbocycles. The fourth-order valence-corrected chi connectivity index (χ4v) is 2.39. The van der Waals surface area contributed by atoms with Gasteiger partial charge in [0.15, 0.2) is 12.6 Å². The van der Waals surface area contributed by atoms with Crippen molar-refractivity contribution in [1.82, 2.24) is 15.6 Å². The third-order valence-corrected chi connectivity index (χ3v) is 3.75. The van der Waals surface area contributed by atoms with E-state index in [4.69, 9.17) is 0 Å². The number of aromatic nitrogens is 1. The van der Waals surface area contributed by atoms with Gasteiger partial charge in [-0.15, -0.1) is 11.3 Å². The van der Waals surface area contributed by atoms with Crippen molar-refractivity contribution in [3.63, 3.8) is 0 Å². The van der Waals surface area contributed by atoms with Crippen molar-refractivity contribution in [2.45, 2.75) is 19.3 Å². The Morgan fingerprint density at radius 3 is 2.62 bits per heavy atom.